The molecule has 0 aliphatic rings. The Labute approximate surface area is 211 Å². The van der Waals surface area contributed by atoms with Crippen molar-refractivity contribution in [2.24, 2.45) is 0 Å². The fraction of sp³-hybridized carbons (Fsp3) is 0.0323. The summed E-state index contributed by atoms with van der Waals surface area (Å²) in [7, 11) is 0. The number of rotatable bonds is 4. The predicted molar refractivity (Wildman–Crippen MR) is 148 cm³/mol. The van der Waals surface area contributed by atoms with Crippen LogP contribution in [-0.2, 0) is 5.33 Å². The molecule has 168 valence electrons. The monoisotopic (exact) mass is 516 g/mol. The van der Waals surface area contributed by atoms with Gasteiger partial charge in [0.1, 0.15) is 0 Å². The van der Waals surface area contributed by atoms with Gasteiger partial charge < -0.3 is 0 Å². The van der Waals surface area contributed by atoms with E-state index in [0.29, 0.717) is 10.7 Å². The van der Waals surface area contributed by atoms with Crippen LogP contribution < -0.4 is 5.56 Å². The largest absolute Gasteiger partial charge is 0.273 e. The maximum atomic E-state index is 14.3. The van der Waals surface area contributed by atoms with Crippen LogP contribution in [0.15, 0.2) is 120 Å². The van der Waals surface area contributed by atoms with Crippen molar-refractivity contribution >= 4 is 37.6 Å². The van der Waals surface area contributed by atoms with Crippen molar-refractivity contribution in [2.75, 3.05) is 0 Å². The van der Waals surface area contributed by atoms with E-state index >= 15 is 0 Å². The van der Waals surface area contributed by atoms with Gasteiger partial charge in [0, 0.05) is 27.9 Å². The van der Waals surface area contributed by atoms with Gasteiger partial charge in [-0.1, -0.05) is 113 Å². The van der Waals surface area contributed by atoms with Crippen molar-refractivity contribution in [1.82, 2.24) is 9.55 Å². The summed E-state index contributed by atoms with van der Waals surface area (Å²) < 4.78 is 1.88. The fourth-order valence-corrected chi connectivity index (χ4v) is 5.31. The van der Waals surface area contributed by atoms with Gasteiger partial charge in [0.25, 0.3) is 5.56 Å². The number of aromatic nitrogens is 2. The van der Waals surface area contributed by atoms with E-state index in [1.54, 1.807) is 6.20 Å². The highest BCUT2D eigenvalue weighted by Crippen LogP contribution is 2.39. The van der Waals surface area contributed by atoms with E-state index in [2.05, 4.69) is 52.3 Å². The fourth-order valence-electron chi connectivity index (χ4n) is 4.86. The molecule has 0 saturated heterocycles. The van der Waals surface area contributed by atoms with Gasteiger partial charge in [0.05, 0.1) is 16.9 Å². The Morgan fingerprint density at radius 2 is 1.34 bits per heavy atom. The van der Waals surface area contributed by atoms with E-state index in [1.165, 1.54) is 0 Å². The average Bonchev–Trinajstić information content (AvgIpc) is 2.93. The second-order valence-electron chi connectivity index (χ2n) is 8.42. The standard InChI is InChI=1S/C31H21BrN2O/c32-20-24-18-17-22-14-9-19-33-28(22)30(24)34-29(23-12-5-2-6-13-23)27(21-10-3-1-4-11-21)25-15-7-8-16-26(25)31(34)35/h1-19H,20H2. The lowest BCUT2D eigenvalue weighted by molar-refractivity contribution is 1.01. The molecule has 3 nitrogen and oxygen atoms in total. The summed E-state index contributed by atoms with van der Waals surface area (Å²) in [6, 6.07) is 36.5. The normalized spacial score (nSPS) is 11.2. The van der Waals surface area contributed by atoms with Crippen LogP contribution in [0, 0.1) is 0 Å². The van der Waals surface area contributed by atoms with Crippen molar-refractivity contribution in [2.45, 2.75) is 5.33 Å². The zero-order valence-corrected chi connectivity index (χ0v) is 20.4. The molecule has 35 heavy (non-hydrogen) atoms. The lowest BCUT2D eigenvalue weighted by Gasteiger charge is -2.23. The summed E-state index contributed by atoms with van der Waals surface area (Å²) in [5.74, 6) is 0. The zero-order valence-electron chi connectivity index (χ0n) is 18.9. The van der Waals surface area contributed by atoms with E-state index in [-0.39, 0.29) is 5.56 Å². The van der Waals surface area contributed by atoms with Gasteiger partial charge in [-0.25, -0.2) is 0 Å². The lowest BCUT2D eigenvalue weighted by atomic mass is 9.93. The quantitative estimate of drug-likeness (QED) is 0.224. The first-order valence-corrected chi connectivity index (χ1v) is 12.6. The van der Waals surface area contributed by atoms with Crippen LogP contribution in [0.4, 0.5) is 0 Å². The molecule has 0 aliphatic carbocycles. The molecule has 0 atom stereocenters. The third kappa shape index (κ3) is 3.58. The smallest absolute Gasteiger partial charge is 0.263 e. The number of hydrogen-bond donors (Lipinski definition) is 0. The molecule has 4 aromatic carbocycles. The van der Waals surface area contributed by atoms with Crippen LogP contribution in [0.3, 0.4) is 0 Å². The Morgan fingerprint density at radius 3 is 2.06 bits per heavy atom. The van der Waals surface area contributed by atoms with E-state index in [0.717, 1.165) is 49.9 Å². The lowest BCUT2D eigenvalue weighted by Crippen LogP contribution is -2.23. The third-order valence-corrected chi connectivity index (χ3v) is 7.00. The molecular weight excluding hydrogens is 496 g/mol. The van der Waals surface area contributed by atoms with E-state index in [1.807, 2.05) is 77.4 Å². The Hall–Kier alpha value is -4.02. The minimum Gasteiger partial charge on any atom is -0.273 e. The van der Waals surface area contributed by atoms with E-state index < -0.39 is 0 Å². The molecule has 0 aliphatic heterocycles. The average molecular weight is 517 g/mol. The maximum absolute atomic E-state index is 14.3. The molecule has 0 amide bonds. The van der Waals surface area contributed by atoms with E-state index in [9.17, 15) is 4.79 Å². The second-order valence-corrected chi connectivity index (χ2v) is 8.98. The maximum Gasteiger partial charge on any atom is 0.263 e. The topological polar surface area (TPSA) is 34.9 Å². The van der Waals surface area contributed by atoms with Gasteiger partial charge in [-0.3, -0.25) is 14.3 Å². The molecule has 0 spiro atoms. The van der Waals surface area contributed by atoms with Crippen molar-refractivity contribution in [3.8, 4) is 28.1 Å². The first-order valence-electron chi connectivity index (χ1n) is 11.5. The summed E-state index contributed by atoms with van der Waals surface area (Å²) in [6.07, 6.45) is 1.79. The van der Waals surface area contributed by atoms with E-state index in [4.69, 9.17) is 4.98 Å². The summed E-state index contributed by atoms with van der Waals surface area (Å²) in [5.41, 5.74) is 6.49. The van der Waals surface area contributed by atoms with Crippen molar-refractivity contribution < 1.29 is 0 Å². The molecule has 0 saturated carbocycles. The third-order valence-electron chi connectivity index (χ3n) is 6.40. The van der Waals surface area contributed by atoms with Gasteiger partial charge in [-0.15, -0.1) is 0 Å². The van der Waals surface area contributed by atoms with Crippen LogP contribution >= 0.6 is 15.9 Å². The first-order chi connectivity index (χ1) is 17.3. The molecule has 0 fully saturated rings. The number of nitrogens with zero attached hydrogens (tertiary/aromatic N) is 2. The Morgan fingerprint density at radius 1 is 0.686 bits per heavy atom. The van der Waals surface area contributed by atoms with Crippen LogP contribution in [0.5, 0.6) is 0 Å². The summed E-state index contributed by atoms with van der Waals surface area (Å²) in [5, 5.41) is 3.21. The molecule has 0 N–H and O–H groups in total. The molecule has 0 radical (unpaired) electrons. The highest BCUT2D eigenvalue weighted by Gasteiger charge is 2.23. The van der Waals surface area contributed by atoms with Crippen molar-refractivity contribution in [3.05, 3.63) is 131 Å². The molecule has 4 heteroatoms. The van der Waals surface area contributed by atoms with Crippen molar-refractivity contribution in [3.63, 3.8) is 0 Å². The van der Waals surface area contributed by atoms with Gasteiger partial charge in [-0.2, -0.15) is 0 Å². The highest BCUT2D eigenvalue weighted by atomic mass is 79.9. The second kappa shape index (κ2) is 8.97. The van der Waals surface area contributed by atoms with Crippen LogP contribution in [0.2, 0.25) is 0 Å². The molecular formula is C31H21BrN2O. The molecule has 0 bridgehead atoms. The minimum atomic E-state index is -0.0560. The van der Waals surface area contributed by atoms with Gasteiger partial charge in [0.15, 0.2) is 0 Å². The first kappa shape index (κ1) is 21.5. The number of hydrogen-bond acceptors (Lipinski definition) is 2. The Kier molecular flexibility index (Phi) is 5.51. The Bertz CT molecular complexity index is 1740. The molecule has 6 aromatic rings. The number of fused-ring (bicyclic) bond motifs is 2. The number of benzene rings is 4. The van der Waals surface area contributed by atoms with Crippen LogP contribution in [0.1, 0.15) is 5.56 Å². The molecule has 2 heterocycles. The molecule has 2 aromatic heterocycles. The summed E-state index contributed by atoms with van der Waals surface area (Å²) in [4.78, 5) is 19.1. The number of alkyl halides is 1. The predicted octanol–water partition coefficient (Wildman–Crippen LogP) is 7.77. The number of pyridine rings is 2. The van der Waals surface area contributed by atoms with Gasteiger partial charge >= 0.3 is 0 Å². The Balaban J connectivity index is 1.91. The van der Waals surface area contributed by atoms with Crippen LogP contribution in [-0.4, -0.2) is 9.55 Å². The van der Waals surface area contributed by atoms with Gasteiger partial charge in [-0.05, 0) is 34.2 Å². The zero-order chi connectivity index (χ0) is 23.8. The van der Waals surface area contributed by atoms with Crippen LogP contribution in [0.25, 0.3) is 49.7 Å². The minimum absolute atomic E-state index is 0.0560. The van der Waals surface area contributed by atoms with Gasteiger partial charge in [0.2, 0.25) is 0 Å². The molecule has 0 unspecified atom stereocenters. The molecule has 6 rings (SSSR count). The van der Waals surface area contributed by atoms with Crippen molar-refractivity contribution in [1.29, 1.82) is 0 Å². The number of halogens is 1. The SMILES string of the molecule is O=c1c2ccccc2c(-c2ccccc2)c(-c2ccccc2)n1-c1c(CBr)ccc2cccnc12. The summed E-state index contributed by atoms with van der Waals surface area (Å²) in [6.45, 7) is 0. The highest BCUT2D eigenvalue weighted by molar-refractivity contribution is 9.08. The summed E-state index contributed by atoms with van der Waals surface area (Å²) >= 11 is 3.67.